The van der Waals surface area contributed by atoms with Gasteiger partial charge in [-0.25, -0.2) is 0 Å². The minimum Gasteiger partial charge on any atom is -0.386 e. The van der Waals surface area contributed by atoms with Crippen LogP contribution < -0.4 is 11.1 Å². The molecule has 0 aromatic rings. The molecule has 0 saturated carbocycles. The first-order chi connectivity index (χ1) is 2.77. The van der Waals surface area contributed by atoms with Crippen molar-refractivity contribution in [3.8, 4) is 0 Å². The van der Waals surface area contributed by atoms with Crippen molar-refractivity contribution >= 4 is 0 Å². The van der Waals surface area contributed by atoms with E-state index < -0.39 is 0 Å². The first-order valence-electron chi connectivity index (χ1n) is 1.95. The molecule has 0 aliphatic carbocycles. The zero-order valence-corrected chi connectivity index (χ0v) is 3.99. The van der Waals surface area contributed by atoms with Gasteiger partial charge in [0, 0.05) is 6.54 Å². The summed E-state index contributed by atoms with van der Waals surface area (Å²) in [4.78, 5) is 0. The van der Waals surface area contributed by atoms with Crippen molar-refractivity contribution in [1.29, 1.82) is 0 Å². The Kier molecular flexibility index (Phi) is 2.29. The molecule has 0 atom stereocenters. The van der Waals surface area contributed by atoms with Gasteiger partial charge in [-0.2, -0.15) is 0 Å². The highest BCUT2D eigenvalue weighted by atomic mass is 15.0. The van der Waals surface area contributed by atoms with E-state index in [1.165, 1.54) is 0 Å². The fraction of sp³-hybridized carbons (Fsp3) is 0.500. The van der Waals surface area contributed by atoms with E-state index >= 15 is 0 Å². The molecule has 0 aromatic heterocycles. The summed E-state index contributed by atoms with van der Waals surface area (Å²) in [6.45, 7) is 6.24. The lowest BCUT2D eigenvalue weighted by molar-refractivity contribution is 0.845. The summed E-state index contributed by atoms with van der Waals surface area (Å²) in [6, 6.07) is 0. The van der Waals surface area contributed by atoms with E-state index in [-0.39, 0.29) is 0 Å². The van der Waals surface area contributed by atoms with E-state index in [9.17, 15) is 0 Å². The molecule has 0 spiro atoms. The standard InChI is InChI=1S/C4H10N2/c1-3-6-4(2)5/h6H,2-3,5H2,1H3. The molecule has 2 nitrogen and oxygen atoms in total. The van der Waals surface area contributed by atoms with Gasteiger partial charge in [0.2, 0.25) is 0 Å². The second-order valence-corrected chi connectivity index (χ2v) is 1.06. The van der Waals surface area contributed by atoms with Gasteiger partial charge in [-0.15, -0.1) is 0 Å². The van der Waals surface area contributed by atoms with Gasteiger partial charge in [0.1, 0.15) is 0 Å². The molecular formula is C4H10N2. The predicted molar refractivity (Wildman–Crippen MR) is 27.0 cm³/mol. The lowest BCUT2D eigenvalue weighted by atomic mass is 10.7. The van der Waals surface area contributed by atoms with E-state index in [2.05, 4.69) is 11.9 Å². The number of hydrogen-bond donors (Lipinski definition) is 2. The van der Waals surface area contributed by atoms with Crippen LogP contribution in [0.4, 0.5) is 0 Å². The summed E-state index contributed by atoms with van der Waals surface area (Å²) in [5.41, 5.74) is 5.10. The zero-order valence-electron chi connectivity index (χ0n) is 3.99. The lowest BCUT2D eigenvalue weighted by Gasteiger charge is -1.95. The molecule has 0 amide bonds. The topological polar surface area (TPSA) is 38.0 Å². The van der Waals surface area contributed by atoms with E-state index in [1.807, 2.05) is 6.92 Å². The van der Waals surface area contributed by atoms with Crippen LogP contribution >= 0.6 is 0 Å². The Bertz CT molecular complexity index is 49.5. The van der Waals surface area contributed by atoms with Crippen LogP contribution in [0.3, 0.4) is 0 Å². The van der Waals surface area contributed by atoms with Crippen LogP contribution in [0, 0.1) is 0 Å². The Balaban J connectivity index is 2.83. The van der Waals surface area contributed by atoms with Gasteiger partial charge in [-0.3, -0.25) is 0 Å². The van der Waals surface area contributed by atoms with Crippen molar-refractivity contribution in [3.05, 3.63) is 12.4 Å². The summed E-state index contributed by atoms with van der Waals surface area (Å²) in [5, 5.41) is 2.79. The van der Waals surface area contributed by atoms with Gasteiger partial charge in [0.05, 0.1) is 5.82 Å². The molecule has 36 valence electrons. The third-order valence-corrected chi connectivity index (χ3v) is 0.404. The van der Waals surface area contributed by atoms with Gasteiger partial charge in [-0.1, -0.05) is 6.58 Å². The van der Waals surface area contributed by atoms with Crippen LogP contribution in [0.1, 0.15) is 6.92 Å². The average molecular weight is 86.1 g/mol. The van der Waals surface area contributed by atoms with Crippen molar-refractivity contribution in [2.45, 2.75) is 6.92 Å². The molecular weight excluding hydrogens is 76.1 g/mol. The minimum atomic E-state index is 0.539. The fourth-order valence-corrected chi connectivity index (χ4v) is 0.227. The van der Waals surface area contributed by atoms with E-state index in [4.69, 9.17) is 5.73 Å². The third-order valence-electron chi connectivity index (χ3n) is 0.404. The molecule has 0 aromatic carbocycles. The van der Waals surface area contributed by atoms with Crippen LogP contribution in [-0.4, -0.2) is 6.54 Å². The van der Waals surface area contributed by atoms with Crippen molar-refractivity contribution in [3.63, 3.8) is 0 Å². The zero-order chi connectivity index (χ0) is 4.99. The molecule has 0 fully saturated rings. The second-order valence-electron chi connectivity index (χ2n) is 1.06. The molecule has 0 unspecified atom stereocenters. The summed E-state index contributed by atoms with van der Waals surface area (Å²) in [7, 11) is 0. The molecule has 2 heteroatoms. The molecule has 3 N–H and O–H groups in total. The van der Waals surface area contributed by atoms with E-state index in [0.29, 0.717) is 5.82 Å². The Morgan fingerprint density at radius 3 is 2.50 bits per heavy atom. The molecule has 6 heavy (non-hydrogen) atoms. The van der Waals surface area contributed by atoms with Gasteiger partial charge in [0.15, 0.2) is 0 Å². The van der Waals surface area contributed by atoms with Crippen molar-refractivity contribution in [2.24, 2.45) is 5.73 Å². The van der Waals surface area contributed by atoms with Gasteiger partial charge >= 0.3 is 0 Å². The lowest BCUT2D eigenvalue weighted by Crippen LogP contribution is -2.17. The maximum atomic E-state index is 5.10. The first kappa shape index (κ1) is 5.34. The molecule has 0 aliphatic heterocycles. The molecule has 0 saturated heterocycles. The van der Waals surface area contributed by atoms with Gasteiger partial charge in [-0.05, 0) is 6.92 Å². The van der Waals surface area contributed by atoms with Gasteiger partial charge < -0.3 is 11.1 Å². The Morgan fingerprint density at radius 2 is 2.50 bits per heavy atom. The Hall–Kier alpha value is -0.660. The van der Waals surface area contributed by atoms with Crippen molar-refractivity contribution in [2.75, 3.05) is 6.54 Å². The third kappa shape index (κ3) is 3.34. The minimum absolute atomic E-state index is 0.539. The maximum absolute atomic E-state index is 5.10. The number of nitrogens with one attached hydrogen (secondary N) is 1. The summed E-state index contributed by atoms with van der Waals surface area (Å²) < 4.78 is 0. The highest BCUT2D eigenvalue weighted by Crippen LogP contribution is 1.60. The van der Waals surface area contributed by atoms with Gasteiger partial charge in [0.25, 0.3) is 0 Å². The largest absolute Gasteiger partial charge is 0.386 e. The van der Waals surface area contributed by atoms with E-state index in [0.717, 1.165) is 6.54 Å². The highest BCUT2D eigenvalue weighted by Gasteiger charge is 1.70. The molecule has 0 rings (SSSR count). The molecule has 0 heterocycles. The average Bonchev–Trinajstić information content (AvgIpc) is 1.35. The molecule has 0 radical (unpaired) electrons. The number of rotatable bonds is 2. The smallest absolute Gasteiger partial charge is 0.0885 e. The number of nitrogens with two attached hydrogens (primary N) is 1. The van der Waals surface area contributed by atoms with Crippen LogP contribution in [0.25, 0.3) is 0 Å². The van der Waals surface area contributed by atoms with E-state index in [1.54, 1.807) is 0 Å². The second kappa shape index (κ2) is 2.57. The quantitative estimate of drug-likeness (QED) is 0.497. The fourth-order valence-electron chi connectivity index (χ4n) is 0.227. The molecule has 0 aliphatic rings. The maximum Gasteiger partial charge on any atom is 0.0885 e. The van der Waals surface area contributed by atoms with Crippen LogP contribution in [0.5, 0.6) is 0 Å². The van der Waals surface area contributed by atoms with Crippen molar-refractivity contribution < 1.29 is 0 Å². The van der Waals surface area contributed by atoms with Crippen LogP contribution in [-0.2, 0) is 0 Å². The van der Waals surface area contributed by atoms with Crippen LogP contribution in [0.15, 0.2) is 12.4 Å². The summed E-state index contributed by atoms with van der Waals surface area (Å²) in [6.07, 6.45) is 0. The normalized spacial score (nSPS) is 7.50. The highest BCUT2D eigenvalue weighted by molar-refractivity contribution is 4.80. The van der Waals surface area contributed by atoms with Crippen LogP contribution in [0.2, 0.25) is 0 Å². The number of hydrogen-bond acceptors (Lipinski definition) is 2. The van der Waals surface area contributed by atoms with Crippen molar-refractivity contribution in [1.82, 2.24) is 5.32 Å². The molecule has 0 bridgehead atoms. The monoisotopic (exact) mass is 86.1 g/mol. The SMILES string of the molecule is C=C(N)NCC. The first-order valence-corrected chi connectivity index (χ1v) is 1.95. The Morgan fingerprint density at radius 1 is 2.00 bits per heavy atom. The summed E-state index contributed by atoms with van der Waals surface area (Å²) in [5.74, 6) is 0.539. The Labute approximate surface area is 38.0 Å². The predicted octanol–water partition coefficient (Wildman–Crippen LogP) is 0.0258. The summed E-state index contributed by atoms with van der Waals surface area (Å²) >= 11 is 0.